The Balaban J connectivity index is 1.82. The average molecular weight is 432 g/mol. The van der Waals surface area contributed by atoms with E-state index in [1.54, 1.807) is 38.1 Å². The summed E-state index contributed by atoms with van der Waals surface area (Å²) in [4.78, 5) is 28.5. The maximum Gasteiger partial charge on any atom is 0.491 e. The van der Waals surface area contributed by atoms with Gasteiger partial charge in [-0.2, -0.15) is 13.2 Å². The number of rotatable bonds is 2. The SMILES string of the molecule is CC1(C)C(c2ncn(-c3cccc(Cl)c3)n2)NCCN1C(=O)OC(=O)C(F)(F)F. The summed E-state index contributed by atoms with van der Waals surface area (Å²) < 4.78 is 42.7. The number of aromatic nitrogens is 3. The highest BCUT2D eigenvalue weighted by Crippen LogP contribution is 2.33. The van der Waals surface area contributed by atoms with Crippen LogP contribution in [0.25, 0.3) is 5.69 Å². The van der Waals surface area contributed by atoms with E-state index in [0.29, 0.717) is 16.5 Å². The molecule has 12 heteroatoms. The molecule has 1 amide bonds. The zero-order valence-corrected chi connectivity index (χ0v) is 16.2. The van der Waals surface area contributed by atoms with Crippen molar-refractivity contribution in [1.29, 1.82) is 0 Å². The van der Waals surface area contributed by atoms with Crippen LogP contribution in [0.4, 0.5) is 18.0 Å². The van der Waals surface area contributed by atoms with Gasteiger partial charge in [0.1, 0.15) is 6.33 Å². The molecule has 3 rings (SSSR count). The molecule has 1 aliphatic rings. The van der Waals surface area contributed by atoms with Crippen LogP contribution in [0.1, 0.15) is 25.7 Å². The van der Waals surface area contributed by atoms with Crippen LogP contribution in [0.3, 0.4) is 0 Å². The molecule has 2 heterocycles. The third-order valence-electron chi connectivity index (χ3n) is 4.56. The van der Waals surface area contributed by atoms with Crippen molar-refractivity contribution in [3.05, 3.63) is 41.4 Å². The Hall–Kier alpha value is -2.66. The molecule has 29 heavy (non-hydrogen) atoms. The molecule has 0 radical (unpaired) electrons. The van der Waals surface area contributed by atoms with Crippen molar-refractivity contribution in [3.8, 4) is 5.69 Å². The quantitative estimate of drug-likeness (QED) is 0.581. The lowest BCUT2D eigenvalue weighted by Gasteiger charge is -2.46. The van der Waals surface area contributed by atoms with Gasteiger partial charge in [0.05, 0.1) is 17.3 Å². The van der Waals surface area contributed by atoms with Gasteiger partial charge >= 0.3 is 18.2 Å². The van der Waals surface area contributed by atoms with Crippen LogP contribution in [-0.4, -0.2) is 56.5 Å². The van der Waals surface area contributed by atoms with Gasteiger partial charge in [0.15, 0.2) is 5.82 Å². The molecule has 1 aliphatic heterocycles. The van der Waals surface area contributed by atoms with Crippen molar-refractivity contribution >= 4 is 23.7 Å². The maximum atomic E-state index is 12.4. The number of benzene rings is 1. The molecule has 1 unspecified atom stereocenters. The molecule has 2 aromatic rings. The van der Waals surface area contributed by atoms with Crippen molar-refractivity contribution < 1.29 is 27.5 Å². The predicted molar refractivity (Wildman–Crippen MR) is 95.4 cm³/mol. The van der Waals surface area contributed by atoms with E-state index in [1.807, 2.05) is 0 Å². The van der Waals surface area contributed by atoms with Crippen molar-refractivity contribution in [3.63, 3.8) is 0 Å². The van der Waals surface area contributed by atoms with Crippen LogP contribution >= 0.6 is 11.6 Å². The highest BCUT2D eigenvalue weighted by molar-refractivity contribution is 6.30. The number of amides is 1. The van der Waals surface area contributed by atoms with E-state index in [-0.39, 0.29) is 13.1 Å². The van der Waals surface area contributed by atoms with Gasteiger partial charge in [-0.05, 0) is 32.0 Å². The lowest BCUT2D eigenvalue weighted by atomic mass is 9.89. The summed E-state index contributed by atoms with van der Waals surface area (Å²) in [6.45, 7) is 3.52. The zero-order valence-electron chi connectivity index (χ0n) is 15.4. The molecule has 0 bridgehead atoms. The van der Waals surface area contributed by atoms with Gasteiger partial charge in [0, 0.05) is 18.1 Å². The Bertz CT molecular complexity index is 931. The normalized spacial score (nSPS) is 19.1. The summed E-state index contributed by atoms with van der Waals surface area (Å²) in [5, 5.41) is 8.06. The maximum absolute atomic E-state index is 12.4. The molecule has 1 N–H and O–H groups in total. The third-order valence-corrected chi connectivity index (χ3v) is 4.79. The smallest absolute Gasteiger partial charge is 0.369 e. The Morgan fingerprint density at radius 3 is 2.72 bits per heavy atom. The molecule has 1 fully saturated rings. The van der Waals surface area contributed by atoms with Crippen molar-refractivity contribution in [2.45, 2.75) is 31.6 Å². The molecule has 8 nitrogen and oxygen atoms in total. The largest absolute Gasteiger partial charge is 0.491 e. The Morgan fingerprint density at radius 1 is 1.34 bits per heavy atom. The van der Waals surface area contributed by atoms with Gasteiger partial charge in [-0.25, -0.2) is 19.3 Å². The number of esters is 1. The number of carbonyl (C=O) groups excluding carboxylic acids is 2. The standard InChI is InChI=1S/C17H17ClF3N5O3/c1-16(2)12(13-23-9-26(24-13)11-5-3-4-10(18)8-11)22-6-7-25(16)15(28)29-14(27)17(19,20)21/h3-5,8-9,12,22H,6-7H2,1-2H3. The van der Waals surface area contributed by atoms with E-state index in [9.17, 15) is 22.8 Å². The third kappa shape index (κ3) is 4.35. The zero-order chi connectivity index (χ0) is 21.4. The molecule has 1 atom stereocenters. The summed E-state index contributed by atoms with van der Waals surface area (Å²) in [5.74, 6) is -2.24. The van der Waals surface area contributed by atoms with E-state index in [2.05, 4.69) is 20.1 Å². The molecule has 1 aromatic carbocycles. The predicted octanol–water partition coefficient (Wildman–Crippen LogP) is 2.87. The fraction of sp³-hybridized carbons (Fsp3) is 0.412. The molecule has 156 valence electrons. The van der Waals surface area contributed by atoms with Crippen molar-refractivity contribution in [2.75, 3.05) is 13.1 Å². The van der Waals surface area contributed by atoms with Crippen LogP contribution < -0.4 is 5.32 Å². The van der Waals surface area contributed by atoms with Crippen LogP contribution in [0.2, 0.25) is 5.02 Å². The van der Waals surface area contributed by atoms with Crippen LogP contribution in [0.5, 0.6) is 0 Å². The van der Waals surface area contributed by atoms with Gasteiger partial charge in [-0.1, -0.05) is 17.7 Å². The topological polar surface area (TPSA) is 89.3 Å². The first-order valence-corrected chi connectivity index (χ1v) is 8.89. The average Bonchev–Trinajstić information content (AvgIpc) is 3.09. The molecule has 1 saturated heterocycles. The first-order chi connectivity index (χ1) is 13.5. The minimum Gasteiger partial charge on any atom is -0.369 e. The van der Waals surface area contributed by atoms with Gasteiger partial charge in [0.25, 0.3) is 0 Å². The fourth-order valence-corrected chi connectivity index (χ4v) is 3.28. The number of carbonyl (C=O) groups is 2. The highest BCUT2D eigenvalue weighted by Gasteiger charge is 2.48. The van der Waals surface area contributed by atoms with Gasteiger partial charge < -0.3 is 10.1 Å². The second kappa shape index (κ2) is 7.64. The molecule has 0 aliphatic carbocycles. The van der Waals surface area contributed by atoms with Gasteiger partial charge in [-0.3, -0.25) is 4.90 Å². The number of halogens is 4. The van der Waals surface area contributed by atoms with E-state index in [0.717, 1.165) is 4.90 Å². The minimum absolute atomic E-state index is 0.0441. The number of nitrogens with zero attached hydrogens (tertiary/aromatic N) is 4. The molecule has 0 spiro atoms. The van der Waals surface area contributed by atoms with Crippen LogP contribution in [0, 0.1) is 0 Å². The number of hydrogen-bond donors (Lipinski definition) is 1. The Labute approximate surface area is 168 Å². The summed E-state index contributed by atoms with van der Waals surface area (Å²) in [6.07, 6.45) is -5.17. The lowest BCUT2D eigenvalue weighted by Crippen LogP contribution is -2.62. The molecular formula is C17H17ClF3N5O3. The number of hydrogen-bond acceptors (Lipinski definition) is 6. The minimum atomic E-state index is -5.26. The second-order valence-electron chi connectivity index (χ2n) is 6.87. The number of nitrogens with one attached hydrogen (secondary N) is 1. The van der Waals surface area contributed by atoms with Crippen molar-refractivity contribution in [2.24, 2.45) is 0 Å². The number of alkyl halides is 3. The first kappa shape index (κ1) is 21.1. The Morgan fingerprint density at radius 2 is 2.07 bits per heavy atom. The summed E-state index contributed by atoms with van der Waals surface area (Å²) >= 11 is 5.98. The van der Waals surface area contributed by atoms with Crippen molar-refractivity contribution in [1.82, 2.24) is 25.0 Å². The lowest BCUT2D eigenvalue weighted by molar-refractivity contribution is -0.194. The van der Waals surface area contributed by atoms with Gasteiger partial charge in [-0.15, -0.1) is 5.10 Å². The van der Waals surface area contributed by atoms with E-state index in [4.69, 9.17) is 11.6 Å². The molecular weight excluding hydrogens is 415 g/mol. The van der Waals surface area contributed by atoms with Crippen LogP contribution in [-0.2, 0) is 9.53 Å². The van der Waals surface area contributed by atoms with E-state index < -0.39 is 29.8 Å². The summed E-state index contributed by atoms with van der Waals surface area (Å²) in [7, 11) is 0. The monoisotopic (exact) mass is 431 g/mol. The summed E-state index contributed by atoms with van der Waals surface area (Å²) in [5.41, 5.74) is -0.418. The number of ether oxygens (including phenoxy) is 1. The van der Waals surface area contributed by atoms with E-state index in [1.165, 1.54) is 11.0 Å². The molecule has 1 aromatic heterocycles. The number of piperazine rings is 1. The second-order valence-corrected chi connectivity index (χ2v) is 7.31. The summed E-state index contributed by atoms with van der Waals surface area (Å²) in [6, 6.07) is 6.30. The molecule has 0 saturated carbocycles. The van der Waals surface area contributed by atoms with Gasteiger partial charge in [0.2, 0.25) is 0 Å². The Kier molecular flexibility index (Phi) is 5.54. The van der Waals surface area contributed by atoms with E-state index >= 15 is 0 Å². The fourth-order valence-electron chi connectivity index (χ4n) is 3.09. The first-order valence-electron chi connectivity index (χ1n) is 8.51. The van der Waals surface area contributed by atoms with Crippen LogP contribution in [0.15, 0.2) is 30.6 Å². The highest BCUT2D eigenvalue weighted by atomic mass is 35.5.